The van der Waals surface area contributed by atoms with Gasteiger partial charge in [0.25, 0.3) is 0 Å². The Morgan fingerprint density at radius 1 is 1.10 bits per heavy atom. The van der Waals surface area contributed by atoms with E-state index < -0.39 is 0 Å². The number of hydrogen-bond donors (Lipinski definition) is 1. The number of rotatable bonds is 6. The van der Waals surface area contributed by atoms with Crippen LogP contribution in [-0.4, -0.2) is 20.1 Å². The molecule has 112 valence electrons. The molecule has 0 atom stereocenters. The van der Waals surface area contributed by atoms with Crippen LogP contribution >= 0.6 is 0 Å². The first-order valence-electron chi connectivity index (χ1n) is 8.19. The van der Waals surface area contributed by atoms with Gasteiger partial charge in [-0.2, -0.15) is 0 Å². The van der Waals surface area contributed by atoms with Gasteiger partial charge < -0.3 is 10.6 Å². The van der Waals surface area contributed by atoms with Crippen LogP contribution in [0.15, 0.2) is 24.3 Å². The second-order valence-corrected chi connectivity index (χ2v) is 6.46. The van der Waals surface area contributed by atoms with Gasteiger partial charge in [0.15, 0.2) is 0 Å². The molecule has 0 amide bonds. The molecule has 2 heteroatoms. The lowest BCUT2D eigenvalue weighted by molar-refractivity contribution is 0.185. The van der Waals surface area contributed by atoms with Crippen molar-refractivity contribution in [3.63, 3.8) is 0 Å². The van der Waals surface area contributed by atoms with E-state index >= 15 is 0 Å². The van der Waals surface area contributed by atoms with Gasteiger partial charge in [-0.05, 0) is 55.3 Å². The Hall–Kier alpha value is -1.02. The van der Waals surface area contributed by atoms with Crippen LogP contribution in [0.2, 0.25) is 0 Å². The maximum absolute atomic E-state index is 6.08. The standard InChI is InChI=1S/C18H30N2/c1-3-16-7-9-17(10-8-16)20(2)14-13-18(15-19)11-5-4-6-12-18/h7-10H,3-6,11-15,19H2,1-2H3. The van der Waals surface area contributed by atoms with Gasteiger partial charge in [0, 0.05) is 19.3 Å². The van der Waals surface area contributed by atoms with Crippen molar-refractivity contribution in [2.24, 2.45) is 11.1 Å². The molecular weight excluding hydrogens is 244 g/mol. The molecule has 2 rings (SSSR count). The molecular formula is C18H30N2. The summed E-state index contributed by atoms with van der Waals surface area (Å²) < 4.78 is 0. The summed E-state index contributed by atoms with van der Waals surface area (Å²) in [5, 5.41) is 0. The van der Waals surface area contributed by atoms with E-state index in [0.29, 0.717) is 5.41 Å². The molecule has 1 aromatic rings. The average molecular weight is 274 g/mol. The van der Waals surface area contributed by atoms with Crippen molar-refractivity contribution in [3.8, 4) is 0 Å². The Morgan fingerprint density at radius 2 is 1.75 bits per heavy atom. The zero-order chi connectivity index (χ0) is 14.4. The highest BCUT2D eigenvalue weighted by Crippen LogP contribution is 2.38. The van der Waals surface area contributed by atoms with Crippen LogP contribution in [0, 0.1) is 5.41 Å². The van der Waals surface area contributed by atoms with Crippen molar-refractivity contribution < 1.29 is 0 Å². The topological polar surface area (TPSA) is 29.3 Å². The number of anilines is 1. The second kappa shape index (κ2) is 7.12. The first kappa shape index (κ1) is 15.4. The van der Waals surface area contributed by atoms with Gasteiger partial charge in [0.2, 0.25) is 0 Å². The van der Waals surface area contributed by atoms with E-state index in [1.807, 2.05) is 0 Å². The summed E-state index contributed by atoms with van der Waals surface area (Å²) >= 11 is 0. The zero-order valence-corrected chi connectivity index (χ0v) is 13.2. The minimum Gasteiger partial charge on any atom is -0.375 e. The van der Waals surface area contributed by atoms with E-state index in [4.69, 9.17) is 5.73 Å². The highest BCUT2D eigenvalue weighted by Gasteiger charge is 2.30. The van der Waals surface area contributed by atoms with Gasteiger partial charge in [0.1, 0.15) is 0 Å². The predicted molar refractivity (Wildman–Crippen MR) is 88.3 cm³/mol. The van der Waals surface area contributed by atoms with Crippen molar-refractivity contribution in [2.75, 3.05) is 25.0 Å². The molecule has 1 aliphatic rings. The van der Waals surface area contributed by atoms with Crippen LogP contribution in [0.5, 0.6) is 0 Å². The molecule has 0 spiro atoms. The molecule has 0 saturated heterocycles. The van der Waals surface area contributed by atoms with Crippen molar-refractivity contribution in [1.82, 2.24) is 0 Å². The van der Waals surface area contributed by atoms with Crippen molar-refractivity contribution >= 4 is 5.69 Å². The van der Waals surface area contributed by atoms with Crippen molar-refractivity contribution in [3.05, 3.63) is 29.8 Å². The van der Waals surface area contributed by atoms with E-state index in [1.54, 1.807) is 0 Å². The number of nitrogens with two attached hydrogens (primary N) is 1. The second-order valence-electron chi connectivity index (χ2n) is 6.46. The molecule has 1 aromatic carbocycles. The van der Waals surface area contributed by atoms with Gasteiger partial charge >= 0.3 is 0 Å². The SMILES string of the molecule is CCc1ccc(N(C)CCC2(CN)CCCCC2)cc1. The summed E-state index contributed by atoms with van der Waals surface area (Å²) in [6.45, 7) is 4.17. The van der Waals surface area contributed by atoms with E-state index in [0.717, 1.165) is 19.5 Å². The Bertz CT molecular complexity index is 390. The number of hydrogen-bond acceptors (Lipinski definition) is 2. The van der Waals surface area contributed by atoms with Gasteiger partial charge in [-0.3, -0.25) is 0 Å². The van der Waals surface area contributed by atoms with Gasteiger partial charge in [-0.25, -0.2) is 0 Å². The van der Waals surface area contributed by atoms with Gasteiger partial charge in [0.05, 0.1) is 0 Å². The van der Waals surface area contributed by atoms with Crippen LogP contribution in [-0.2, 0) is 6.42 Å². The van der Waals surface area contributed by atoms with Crippen molar-refractivity contribution in [1.29, 1.82) is 0 Å². The Morgan fingerprint density at radius 3 is 2.30 bits per heavy atom. The number of nitrogens with zero attached hydrogens (tertiary/aromatic N) is 1. The Labute approximate surface area is 124 Å². The minimum atomic E-state index is 0.413. The summed E-state index contributed by atoms with van der Waals surface area (Å²) in [6.07, 6.45) is 9.13. The van der Waals surface area contributed by atoms with Crippen LogP contribution in [0.1, 0.15) is 51.0 Å². The fourth-order valence-electron chi connectivity index (χ4n) is 3.38. The van der Waals surface area contributed by atoms with Crippen LogP contribution in [0.25, 0.3) is 0 Å². The molecule has 0 aromatic heterocycles. The lowest BCUT2D eigenvalue weighted by Crippen LogP contribution is -2.36. The molecule has 0 unspecified atom stereocenters. The first-order chi connectivity index (χ1) is 9.69. The smallest absolute Gasteiger partial charge is 0.0363 e. The Kier molecular flexibility index (Phi) is 5.47. The van der Waals surface area contributed by atoms with E-state index in [-0.39, 0.29) is 0 Å². The lowest BCUT2D eigenvalue weighted by atomic mass is 9.72. The predicted octanol–water partition coefficient (Wildman–Crippen LogP) is 3.98. The normalized spacial score (nSPS) is 17.9. The van der Waals surface area contributed by atoms with E-state index in [2.05, 4.69) is 43.1 Å². The molecule has 0 aliphatic heterocycles. The lowest BCUT2D eigenvalue weighted by Gasteiger charge is -2.37. The number of benzene rings is 1. The quantitative estimate of drug-likeness (QED) is 0.850. The summed E-state index contributed by atoms with van der Waals surface area (Å²) in [5.74, 6) is 0. The average Bonchev–Trinajstić information content (AvgIpc) is 2.53. The molecule has 1 fully saturated rings. The maximum atomic E-state index is 6.08. The maximum Gasteiger partial charge on any atom is 0.0363 e. The first-order valence-corrected chi connectivity index (χ1v) is 8.19. The van der Waals surface area contributed by atoms with Crippen LogP contribution < -0.4 is 10.6 Å². The molecule has 20 heavy (non-hydrogen) atoms. The largest absolute Gasteiger partial charge is 0.375 e. The van der Waals surface area contributed by atoms with Gasteiger partial charge in [-0.15, -0.1) is 0 Å². The molecule has 0 radical (unpaired) electrons. The molecule has 0 heterocycles. The van der Waals surface area contributed by atoms with Gasteiger partial charge in [-0.1, -0.05) is 38.3 Å². The van der Waals surface area contributed by atoms with Crippen molar-refractivity contribution in [2.45, 2.75) is 51.9 Å². The van der Waals surface area contributed by atoms with Crippen LogP contribution in [0.4, 0.5) is 5.69 Å². The summed E-state index contributed by atoms with van der Waals surface area (Å²) in [4.78, 5) is 2.38. The zero-order valence-electron chi connectivity index (χ0n) is 13.2. The summed E-state index contributed by atoms with van der Waals surface area (Å²) in [7, 11) is 2.20. The van der Waals surface area contributed by atoms with E-state index in [9.17, 15) is 0 Å². The molecule has 0 bridgehead atoms. The Balaban J connectivity index is 1.91. The molecule has 2 N–H and O–H groups in total. The highest BCUT2D eigenvalue weighted by atomic mass is 15.1. The van der Waals surface area contributed by atoms with Crippen LogP contribution in [0.3, 0.4) is 0 Å². The third-order valence-corrected chi connectivity index (χ3v) is 5.11. The minimum absolute atomic E-state index is 0.413. The molecule has 2 nitrogen and oxygen atoms in total. The fraction of sp³-hybridized carbons (Fsp3) is 0.667. The molecule has 1 aliphatic carbocycles. The third-order valence-electron chi connectivity index (χ3n) is 5.11. The summed E-state index contributed by atoms with van der Waals surface area (Å²) in [5.41, 5.74) is 9.23. The van der Waals surface area contributed by atoms with E-state index in [1.165, 1.54) is 49.8 Å². The number of aryl methyl sites for hydroxylation is 1. The molecule has 1 saturated carbocycles. The summed E-state index contributed by atoms with van der Waals surface area (Å²) in [6, 6.07) is 8.97. The fourth-order valence-corrected chi connectivity index (χ4v) is 3.38. The monoisotopic (exact) mass is 274 g/mol. The third kappa shape index (κ3) is 3.76. The highest BCUT2D eigenvalue weighted by molar-refractivity contribution is 5.46.